The Morgan fingerprint density at radius 3 is 1.57 bits per heavy atom. The summed E-state index contributed by atoms with van der Waals surface area (Å²) in [6.07, 6.45) is 1.23. The molecule has 0 N–H and O–H groups in total. The number of hydrogen-bond acceptors (Lipinski definition) is 2. The summed E-state index contributed by atoms with van der Waals surface area (Å²) in [5.74, 6) is 0. The molecule has 0 saturated heterocycles. The molecule has 86 valence electrons. The zero-order valence-corrected chi connectivity index (χ0v) is 11.0. The van der Waals surface area contributed by atoms with Crippen LogP contribution in [0.4, 0.5) is 0 Å². The fourth-order valence-electron chi connectivity index (χ4n) is 1.92. The van der Waals surface area contributed by atoms with Gasteiger partial charge in [-0.2, -0.15) is 0 Å². The van der Waals surface area contributed by atoms with Gasteiger partial charge in [0.1, 0.15) is 0 Å². The van der Waals surface area contributed by atoms with Gasteiger partial charge in [-0.05, 0) is 48.2 Å². The Hall–Kier alpha value is -0.0800. The van der Waals surface area contributed by atoms with Crippen LogP contribution in [0.15, 0.2) is 0 Å². The second kappa shape index (κ2) is 6.41. The third-order valence-corrected chi connectivity index (χ3v) is 2.95. The number of hydrogen-bond donors (Lipinski definition) is 0. The highest BCUT2D eigenvalue weighted by Crippen LogP contribution is 2.09. The molecule has 1 unspecified atom stereocenters. The lowest BCUT2D eigenvalue weighted by molar-refractivity contribution is 0.121. The molecule has 0 aromatic rings. The highest BCUT2D eigenvalue weighted by atomic mass is 15.2. The number of likely N-dealkylation sites (N-methyl/N-ethyl adjacent to an activating group) is 1. The lowest BCUT2D eigenvalue weighted by atomic mass is 10.1. The monoisotopic (exact) mass is 200 g/mol. The minimum Gasteiger partial charge on any atom is -0.305 e. The first-order valence-corrected chi connectivity index (χ1v) is 5.82. The van der Waals surface area contributed by atoms with Gasteiger partial charge >= 0.3 is 0 Å². The van der Waals surface area contributed by atoms with E-state index in [1.165, 1.54) is 13.0 Å². The van der Waals surface area contributed by atoms with Crippen molar-refractivity contribution >= 4 is 0 Å². The first-order chi connectivity index (χ1) is 6.40. The number of rotatable bonds is 6. The molecule has 0 aliphatic rings. The minimum atomic E-state index is 0.643. The molecule has 0 aromatic carbocycles. The Balaban J connectivity index is 4.26. The second-order valence-corrected chi connectivity index (χ2v) is 4.91. The van der Waals surface area contributed by atoms with E-state index in [1.54, 1.807) is 0 Å². The van der Waals surface area contributed by atoms with Crippen molar-refractivity contribution in [1.29, 1.82) is 0 Å². The summed E-state index contributed by atoms with van der Waals surface area (Å²) < 4.78 is 0. The van der Waals surface area contributed by atoms with Gasteiger partial charge in [-0.3, -0.25) is 4.90 Å². The van der Waals surface area contributed by atoms with Crippen LogP contribution in [-0.2, 0) is 0 Å². The molecular formula is C12H28N2. The highest BCUT2D eigenvalue weighted by molar-refractivity contribution is 4.75. The van der Waals surface area contributed by atoms with Crippen LogP contribution in [0.2, 0.25) is 0 Å². The normalized spacial score (nSPS) is 14.8. The summed E-state index contributed by atoms with van der Waals surface area (Å²) in [6.45, 7) is 12.6. The molecule has 0 aromatic heterocycles. The van der Waals surface area contributed by atoms with Crippen LogP contribution in [0.1, 0.15) is 41.0 Å². The van der Waals surface area contributed by atoms with Gasteiger partial charge in [0.05, 0.1) is 0 Å². The minimum absolute atomic E-state index is 0.643. The van der Waals surface area contributed by atoms with E-state index in [4.69, 9.17) is 0 Å². The third-order valence-electron chi connectivity index (χ3n) is 2.95. The van der Waals surface area contributed by atoms with Crippen molar-refractivity contribution in [1.82, 2.24) is 9.80 Å². The van der Waals surface area contributed by atoms with Crippen molar-refractivity contribution in [2.45, 2.75) is 59.2 Å². The van der Waals surface area contributed by atoms with Crippen molar-refractivity contribution in [3.8, 4) is 0 Å². The van der Waals surface area contributed by atoms with E-state index in [-0.39, 0.29) is 0 Å². The van der Waals surface area contributed by atoms with Crippen molar-refractivity contribution in [2.24, 2.45) is 0 Å². The maximum atomic E-state index is 2.56. The van der Waals surface area contributed by atoms with E-state index < -0.39 is 0 Å². The second-order valence-electron chi connectivity index (χ2n) is 4.91. The zero-order chi connectivity index (χ0) is 11.3. The SMILES string of the molecule is CCC(CN(C(C)C)C(C)C)N(C)C. The van der Waals surface area contributed by atoms with Crippen LogP contribution in [-0.4, -0.2) is 48.6 Å². The average molecular weight is 200 g/mol. The van der Waals surface area contributed by atoms with Gasteiger partial charge in [-0.25, -0.2) is 0 Å². The van der Waals surface area contributed by atoms with E-state index in [1.807, 2.05) is 0 Å². The summed E-state index contributed by atoms with van der Waals surface area (Å²) in [6, 6.07) is 1.97. The molecule has 14 heavy (non-hydrogen) atoms. The maximum Gasteiger partial charge on any atom is 0.0214 e. The topological polar surface area (TPSA) is 6.48 Å². The molecule has 2 heteroatoms. The molecule has 0 bridgehead atoms. The first kappa shape index (κ1) is 13.9. The van der Waals surface area contributed by atoms with Crippen molar-refractivity contribution in [3.05, 3.63) is 0 Å². The van der Waals surface area contributed by atoms with E-state index in [0.717, 1.165) is 0 Å². The Bertz CT molecular complexity index is 133. The Labute approximate surface area is 90.3 Å². The molecule has 2 nitrogen and oxygen atoms in total. The maximum absolute atomic E-state index is 2.56. The van der Waals surface area contributed by atoms with Crippen molar-refractivity contribution in [2.75, 3.05) is 20.6 Å². The third kappa shape index (κ3) is 4.43. The lowest BCUT2D eigenvalue weighted by Crippen LogP contribution is -2.46. The average Bonchev–Trinajstić information content (AvgIpc) is 2.03. The van der Waals surface area contributed by atoms with Crippen LogP contribution in [0.25, 0.3) is 0 Å². The van der Waals surface area contributed by atoms with Gasteiger partial charge in [-0.1, -0.05) is 6.92 Å². The summed E-state index contributed by atoms with van der Waals surface area (Å²) >= 11 is 0. The van der Waals surface area contributed by atoms with Gasteiger partial charge in [0.15, 0.2) is 0 Å². The first-order valence-electron chi connectivity index (χ1n) is 5.82. The highest BCUT2D eigenvalue weighted by Gasteiger charge is 2.18. The molecule has 0 spiro atoms. The smallest absolute Gasteiger partial charge is 0.0214 e. The Kier molecular flexibility index (Phi) is 6.38. The van der Waals surface area contributed by atoms with Crippen molar-refractivity contribution in [3.63, 3.8) is 0 Å². The van der Waals surface area contributed by atoms with Crippen molar-refractivity contribution < 1.29 is 0 Å². The summed E-state index contributed by atoms with van der Waals surface area (Å²) in [7, 11) is 4.35. The summed E-state index contributed by atoms with van der Waals surface area (Å²) in [4.78, 5) is 4.89. The Morgan fingerprint density at radius 1 is 0.929 bits per heavy atom. The predicted molar refractivity (Wildman–Crippen MR) is 64.7 cm³/mol. The molecule has 1 atom stereocenters. The van der Waals surface area contributed by atoms with Gasteiger partial charge in [0, 0.05) is 24.7 Å². The largest absolute Gasteiger partial charge is 0.305 e. The molecule has 0 aliphatic heterocycles. The molecule has 0 fully saturated rings. The summed E-state index contributed by atoms with van der Waals surface area (Å²) in [5.41, 5.74) is 0. The quantitative estimate of drug-likeness (QED) is 0.650. The molecule has 0 amide bonds. The zero-order valence-electron chi connectivity index (χ0n) is 11.0. The fraction of sp³-hybridized carbons (Fsp3) is 1.00. The van der Waals surface area contributed by atoms with Crippen LogP contribution >= 0.6 is 0 Å². The molecule has 0 heterocycles. The van der Waals surface area contributed by atoms with Crippen LogP contribution in [0, 0.1) is 0 Å². The summed E-state index contributed by atoms with van der Waals surface area (Å²) in [5, 5.41) is 0. The van der Waals surface area contributed by atoms with E-state index >= 15 is 0 Å². The van der Waals surface area contributed by atoms with Crippen LogP contribution in [0.5, 0.6) is 0 Å². The van der Waals surface area contributed by atoms with Gasteiger partial charge in [0.2, 0.25) is 0 Å². The van der Waals surface area contributed by atoms with Crippen LogP contribution < -0.4 is 0 Å². The van der Waals surface area contributed by atoms with Gasteiger partial charge < -0.3 is 4.90 Å². The molecule has 0 rings (SSSR count). The number of nitrogens with zero attached hydrogens (tertiary/aromatic N) is 2. The van der Waals surface area contributed by atoms with E-state index in [0.29, 0.717) is 18.1 Å². The molecule has 0 saturated carbocycles. The molecule has 0 aliphatic carbocycles. The predicted octanol–water partition coefficient (Wildman–Crippen LogP) is 2.45. The molecule has 0 radical (unpaired) electrons. The standard InChI is InChI=1S/C12H28N2/c1-8-12(13(6)7)9-14(10(2)3)11(4)5/h10-12H,8-9H2,1-7H3. The lowest BCUT2D eigenvalue weighted by Gasteiger charge is -2.36. The van der Waals surface area contributed by atoms with E-state index in [9.17, 15) is 0 Å². The van der Waals surface area contributed by atoms with E-state index in [2.05, 4.69) is 58.5 Å². The van der Waals surface area contributed by atoms with Gasteiger partial charge in [0.25, 0.3) is 0 Å². The fourth-order valence-corrected chi connectivity index (χ4v) is 1.92. The molecular weight excluding hydrogens is 172 g/mol. The Morgan fingerprint density at radius 2 is 1.36 bits per heavy atom. The van der Waals surface area contributed by atoms with Crippen LogP contribution in [0.3, 0.4) is 0 Å². The van der Waals surface area contributed by atoms with Gasteiger partial charge in [-0.15, -0.1) is 0 Å².